The van der Waals surface area contributed by atoms with Gasteiger partial charge in [0.25, 0.3) is 0 Å². The number of hydrogen-bond donors (Lipinski definition) is 2. The molecule has 0 saturated carbocycles. The molecule has 0 aromatic heterocycles. The number of amides is 1. The van der Waals surface area contributed by atoms with E-state index in [2.05, 4.69) is 5.32 Å². The standard InChI is InChI=1S/C11H11F3N2OS/c12-11(13,14)7-4-2-1-3-6(7)5-8-9(17)16-10(15)18-8/h1-4,8,10H,5,15H2,(H,16,17). The van der Waals surface area contributed by atoms with Gasteiger partial charge in [0.1, 0.15) is 5.50 Å². The van der Waals surface area contributed by atoms with E-state index in [0.29, 0.717) is 0 Å². The minimum atomic E-state index is -4.40. The maximum absolute atomic E-state index is 12.8. The molecule has 2 unspecified atom stereocenters. The van der Waals surface area contributed by atoms with Gasteiger partial charge in [0.15, 0.2) is 0 Å². The number of nitrogens with two attached hydrogens (primary N) is 1. The summed E-state index contributed by atoms with van der Waals surface area (Å²) in [6.07, 6.45) is -4.38. The zero-order valence-electron chi connectivity index (χ0n) is 9.20. The Balaban J connectivity index is 2.22. The summed E-state index contributed by atoms with van der Waals surface area (Å²) in [5.74, 6) is -0.315. The molecule has 1 aromatic rings. The second-order valence-electron chi connectivity index (χ2n) is 3.91. The molecule has 1 aliphatic heterocycles. The molecule has 3 N–H and O–H groups in total. The van der Waals surface area contributed by atoms with Crippen molar-refractivity contribution < 1.29 is 18.0 Å². The van der Waals surface area contributed by atoms with Crippen LogP contribution >= 0.6 is 11.8 Å². The number of alkyl halides is 3. The Morgan fingerprint density at radius 2 is 2.00 bits per heavy atom. The fraction of sp³-hybridized carbons (Fsp3) is 0.364. The first-order valence-corrected chi connectivity index (χ1v) is 6.19. The first kappa shape index (κ1) is 13.2. The van der Waals surface area contributed by atoms with Crippen molar-refractivity contribution in [3.63, 3.8) is 0 Å². The molecule has 1 saturated heterocycles. The Kier molecular flexibility index (Phi) is 3.54. The molecule has 2 rings (SSSR count). The van der Waals surface area contributed by atoms with Gasteiger partial charge in [-0.05, 0) is 18.1 Å². The van der Waals surface area contributed by atoms with Crippen LogP contribution in [0.1, 0.15) is 11.1 Å². The van der Waals surface area contributed by atoms with Crippen LogP contribution in [0.4, 0.5) is 13.2 Å². The third kappa shape index (κ3) is 2.78. The minimum Gasteiger partial charge on any atom is -0.331 e. The molecule has 0 bridgehead atoms. The van der Waals surface area contributed by atoms with Gasteiger partial charge >= 0.3 is 6.18 Å². The van der Waals surface area contributed by atoms with Crippen molar-refractivity contribution in [2.24, 2.45) is 5.73 Å². The summed E-state index contributed by atoms with van der Waals surface area (Å²) >= 11 is 1.14. The van der Waals surface area contributed by atoms with E-state index in [9.17, 15) is 18.0 Å². The average Bonchev–Trinajstić information content (AvgIpc) is 2.57. The smallest absolute Gasteiger partial charge is 0.331 e. The second-order valence-corrected chi connectivity index (χ2v) is 5.26. The van der Waals surface area contributed by atoms with Crippen molar-refractivity contribution in [2.45, 2.75) is 23.3 Å². The first-order chi connectivity index (χ1) is 8.38. The van der Waals surface area contributed by atoms with Crippen molar-refractivity contribution in [2.75, 3.05) is 0 Å². The molecule has 2 atom stereocenters. The fourth-order valence-electron chi connectivity index (χ4n) is 1.82. The number of rotatable bonds is 2. The molecule has 1 heterocycles. The van der Waals surface area contributed by atoms with Crippen LogP contribution in [0.3, 0.4) is 0 Å². The molecule has 1 aromatic carbocycles. The minimum absolute atomic E-state index is 0.0277. The lowest BCUT2D eigenvalue weighted by atomic mass is 10.0. The number of carbonyl (C=O) groups is 1. The summed E-state index contributed by atoms with van der Waals surface area (Å²) in [5, 5.41) is 1.90. The Morgan fingerprint density at radius 1 is 1.33 bits per heavy atom. The molecule has 1 aliphatic rings. The van der Waals surface area contributed by atoms with Crippen LogP contribution in [-0.2, 0) is 17.4 Å². The van der Waals surface area contributed by atoms with Gasteiger partial charge in [-0.2, -0.15) is 13.2 Å². The summed E-state index contributed by atoms with van der Waals surface area (Å²) in [6.45, 7) is 0. The van der Waals surface area contributed by atoms with E-state index in [1.165, 1.54) is 18.2 Å². The number of halogens is 3. The van der Waals surface area contributed by atoms with E-state index in [1.54, 1.807) is 0 Å². The predicted molar refractivity (Wildman–Crippen MR) is 62.6 cm³/mol. The zero-order valence-corrected chi connectivity index (χ0v) is 10.0. The van der Waals surface area contributed by atoms with Crippen molar-refractivity contribution in [3.05, 3.63) is 35.4 Å². The van der Waals surface area contributed by atoms with E-state index in [1.807, 2.05) is 0 Å². The topological polar surface area (TPSA) is 55.1 Å². The molecule has 7 heteroatoms. The van der Waals surface area contributed by atoms with Crippen LogP contribution in [0, 0.1) is 0 Å². The molecule has 18 heavy (non-hydrogen) atoms. The molecular weight excluding hydrogens is 265 g/mol. The highest BCUT2D eigenvalue weighted by Gasteiger charge is 2.36. The van der Waals surface area contributed by atoms with Crippen molar-refractivity contribution >= 4 is 17.7 Å². The lowest BCUT2D eigenvalue weighted by Crippen LogP contribution is -2.33. The van der Waals surface area contributed by atoms with E-state index in [0.717, 1.165) is 17.8 Å². The SMILES string of the molecule is NC1NC(=O)C(Cc2ccccc2C(F)(F)F)S1. The van der Waals surface area contributed by atoms with Gasteiger partial charge in [-0.15, -0.1) is 11.8 Å². The lowest BCUT2D eigenvalue weighted by molar-refractivity contribution is -0.138. The molecule has 0 radical (unpaired) electrons. The second kappa shape index (κ2) is 4.81. The molecule has 3 nitrogen and oxygen atoms in total. The predicted octanol–water partition coefficient (Wildman–Crippen LogP) is 1.72. The monoisotopic (exact) mass is 276 g/mol. The molecule has 0 spiro atoms. The normalized spacial score (nSPS) is 24.1. The fourth-order valence-corrected chi connectivity index (χ4v) is 2.83. The molecule has 0 aliphatic carbocycles. The third-order valence-corrected chi connectivity index (χ3v) is 3.74. The largest absolute Gasteiger partial charge is 0.416 e. The number of benzene rings is 1. The number of nitrogens with one attached hydrogen (secondary N) is 1. The summed E-state index contributed by atoms with van der Waals surface area (Å²) in [5.41, 5.74) is 4.38. The first-order valence-electron chi connectivity index (χ1n) is 5.24. The van der Waals surface area contributed by atoms with Crippen LogP contribution in [0.15, 0.2) is 24.3 Å². The average molecular weight is 276 g/mol. The van der Waals surface area contributed by atoms with Crippen LogP contribution in [0.2, 0.25) is 0 Å². The maximum atomic E-state index is 12.8. The molecular formula is C11H11F3N2OS. The highest BCUT2D eigenvalue weighted by molar-refractivity contribution is 8.01. The summed E-state index contributed by atoms with van der Waals surface area (Å²) < 4.78 is 38.3. The summed E-state index contributed by atoms with van der Waals surface area (Å²) in [4.78, 5) is 11.5. The summed E-state index contributed by atoms with van der Waals surface area (Å²) in [6, 6.07) is 5.27. The Hall–Kier alpha value is -1.21. The van der Waals surface area contributed by atoms with Gasteiger partial charge in [0, 0.05) is 0 Å². The van der Waals surface area contributed by atoms with Crippen LogP contribution in [0.5, 0.6) is 0 Å². The Bertz CT molecular complexity index is 464. The van der Waals surface area contributed by atoms with Gasteiger partial charge < -0.3 is 11.1 Å². The van der Waals surface area contributed by atoms with E-state index < -0.39 is 22.5 Å². The van der Waals surface area contributed by atoms with Crippen LogP contribution in [0.25, 0.3) is 0 Å². The third-order valence-electron chi connectivity index (χ3n) is 2.62. The quantitative estimate of drug-likeness (QED) is 0.865. The van der Waals surface area contributed by atoms with E-state index in [4.69, 9.17) is 5.73 Å². The maximum Gasteiger partial charge on any atom is 0.416 e. The molecule has 98 valence electrons. The molecule has 1 fully saturated rings. The van der Waals surface area contributed by atoms with Crippen molar-refractivity contribution in [3.8, 4) is 0 Å². The highest BCUT2D eigenvalue weighted by atomic mass is 32.2. The van der Waals surface area contributed by atoms with Crippen molar-refractivity contribution in [1.82, 2.24) is 5.32 Å². The van der Waals surface area contributed by atoms with Gasteiger partial charge in [0.2, 0.25) is 5.91 Å². The van der Waals surface area contributed by atoms with E-state index >= 15 is 0 Å². The van der Waals surface area contributed by atoms with Gasteiger partial charge in [-0.3, -0.25) is 4.79 Å². The molecule has 1 amide bonds. The Morgan fingerprint density at radius 3 is 2.56 bits per heavy atom. The summed E-state index contributed by atoms with van der Waals surface area (Å²) in [7, 11) is 0. The number of carbonyl (C=O) groups excluding carboxylic acids is 1. The van der Waals surface area contributed by atoms with Gasteiger partial charge in [-0.1, -0.05) is 18.2 Å². The number of thioether (sulfide) groups is 1. The highest BCUT2D eigenvalue weighted by Crippen LogP contribution is 2.34. The Labute approximate surface area is 106 Å². The van der Waals surface area contributed by atoms with Gasteiger partial charge in [0.05, 0.1) is 10.8 Å². The van der Waals surface area contributed by atoms with E-state index in [-0.39, 0.29) is 17.9 Å². The van der Waals surface area contributed by atoms with Gasteiger partial charge in [-0.25, -0.2) is 0 Å². The van der Waals surface area contributed by atoms with Crippen LogP contribution < -0.4 is 11.1 Å². The lowest BCUT2D eigenvalue weighted by Gasteiger charge is -2.14. The zero-order chi connectivity index (χ0) is 13.3. The van der Waals surface area contributed by atoms with Crippen molar-refractivity contribution in [1.29, 1.82) is 0 Å². The number of hydrogen-bond acceptors (Lipinski definition) is 3. The van der Waals surface area contributed by atoms with Crippen LogP contribution in [-0.4, -0.2) is 16.7 Å².